The summed E-state index contributed by atoms with van der Waals surface area (Å²) in [5.74, 6) is -0.409. The molecule has 1 unspecified atom stereocenters. The molecule has 0 bridgehead atoms. The fourth-order valence-corrected chi connectivity index (χ4v) is 3.28. The Bertz CT molecular complexity index is 955. The molecule has 0 fully saturated rings. The molecule has 0 aliphatic carbocycles. The van der Waals surface area contributed by atoms with Gasteiger partial charge in [0.15, 0.2) is 5.11 Å². The molecule has 150 valence electrons. The number of benzene rings is 2. The maximum absolute atomic E-state index is 12.6. The summed E-state index contributed by atoms with van der Waals surface area (Å²) in [5, 5.41) is 3.69. The molecule has 0 saturated heterocycles. The summed E-state index contributed by atoms with van der Waals surface area (Å²) in [5.41, 5.74) is 2.51. The Morgan fingerprint density at radius 3 is 2.34 bits per heavy atom. The summed E-state index contributed by atoms with van der Waals surface area (Å²) in [4.78, 5) is 26.5. The van der Waals surface area contributed by atoms with Gasteiger partial charge in [-0.2, -0.15) is 0 Å². The maximum Gasteiger partial charge on any atom is 0.343 e. The number of esters is 2. The normalized spacial score (nSPS) is 16.3. The Labute approximate surface area is 175 Å². The Balaban J connectivity index is 1.84. The zero-order valence-electron chi connectivity index (χ0n) is 16.5. The smallest absolute Gasteiger partial charge is 0.343 e. The van der Waals surface area contributed by atoms with Crippen LogP contribution in [0.25, 0.3) is 0 Å². The third-order valence-electron chi connectivity index (χ3n) is 4.68. The van der Waals surface area contributed by atoms with Crippen LogP contribution in [0, 0.1) is 0 Å². The first-order chi connectivity index (χ1) is 13.9. The summed E-state index contributed by atoms with van der Waals surface area (Å²) >= 11 is 5.38. The summed E-state index contributed by atoms with van der Waals surface area (Å²) in [6.45, 7) is 3.89. The van der Waals surface area contributed by atoms with Crippen LogP contribution in [0.3, 0.4) is 0 Å². The first-order valence-electron chi connectivity index (χ1n) is 9.21. The van der Waals surface area contributed by atoms with Gasteiger partial charge < -0.3 is 19.7 Å². The fraction of sp³-hybridized carbons (Fsp3) is 0.227. The van der Waals surface area contributed by atoms with Gasteiger partial charge in [0.1, 0.15) is 5.75 Å². The van der Waals surface area contributed by atoms with Crippen LogP contribution in [0.15, 0.2) is 65.9 Å². The molecule has 0 amide bonds. The zero-order chi connectivity index (χ0) is 21.0. The Hall–Kier alpha value is -3.19. The van der Waals surface area contributed by atoms with Crippen LogP contribution in [-0.2, 0) is 9.53 Å². The van der Waals surface area contributed by atoms with Crippen molar-refractivity contribution in [2.75, 3.05) is 13.7 Å². The molecule has 1 atom stereocenters. The molecular formula is C22H22N2O4S. The highest BCUT2D eigenvalue weighted by molar-refractivity contribution is 7.80. The van der Waals surface area contributed by atoms with Gasteiger partial charge >= 0.3 is 11.9 Å². The molecule has 2 aromatic rings. The summed E-state index contributed by atoms with van der Waals surface area (Å²) in [6, 6.07) is 15.3. The number of carbonyl (C=O) groups is 2. The number of hydrogen-bond donors (Lipinski definition) is 1. The molecule has 1 N–H and O–H groups in total. The van der Waals surface area contributed by atoms with E-state index in [1.54, 1.807) is 67.4 Å². The topological polar surface area (TPSA) is 67.9 Å². The van der Waals surface area contributed by atoms with E-state index in [0.717, 1.165) is 11.3 Å². The predicted octanol–water partition coefficient (Wildman–Crippen LogP) is 3.60. The van der Waals surface area contributed by atoms with Gasteiger partial charge in [0.2, 0.25) is 0 Å². The first kappa shape index (κ1) is 20.5. The van der Waals surface area contributed by atoms with Crippen molar-refractivity contribution in [2.24, 2.45) is 0 Å². The largest absolute Gasteiger partial charge is 0.463 e. The van der Waals surface area contributed by atoms with Gasteiger partial charge in [-0.15, -0.1) is 0 Å². The van der Waals surface area contributed by atoms with Gasteiger partial charge in [-0.1, -0.05) is 30.3 Å². The average Bonchev–Trinajstić information content (AvgIpc) is 2.73. The van der Waals surface area contributed by atoms with Crippen molar-refractivity contribution < 1.29 is 19.1 Å². The summed E-state index contributed by atoms with van der Waals surface area (Å²) < 4.78 is 10.7. The van der Waals surface area contributed by atoms with E-state index in [1.165, 1.54) is 0 Å². The van der Waals surface area contributed by atoms with E-state index in [4.69, 9.17) is 21.7 Å². The van der Waals surface area contributed by atoms with Crippen molar-refractivity contribution in [1.29, 1.82) is 0 Å². The molecule has 0 radical (unpaired) electrons. The van der Waals surface area contributed by atoms with Gasteiger partial charge in [-0.05, 0) is 55.9 Å². The van der Waals surface area contributed by atoms with E-state index in [0.29, 0.717) is 22.0 Å². The van der Waals surface area contributed by atoms with Gasteiger partial charge in [-0.3, -0.25) is 0 Å². The second-order valence-electron chi connectivity index (χ2n) is 6.49. The van der Waals surface area contributed by atoms with Gasteiger partial charge in [0.25, 0.3) is 0 Å². The van der Waals surface area contributed by atoms with Crippen LogP contribution in [0.5, 0.6) is 5.75 Å². The number of allylic oxidation sites excluding steroid dienone is 1. The molecule has 0 saturated carbocycles. The van der Waals surface area contributed by atoms with Crippen molar-refractivity contribution in [2.45, 2.75) is 19.9 Å². The molecule has 6 nitrogen and oxygen atoms in total. The minimum absolute atomic E-state index is 0.283. The van der Waals surface area contributed by atoms with Gasteiger partial charge in [0, 0.05) is 12.7 Å². The summed E-state index contributed by atoms with van der Waals surface area (Å²) in [6.07, 6.45) is 0. The molecule has 1 heterocycles. The lowest BCUT2D eigenvalue weighted by Crippen LogP contribution is -2.46. The highest BCUT2D eigenvalue weighted by Gasteiger charge is 2.33. The van der Waals surface area contributed by atoms with E-state index in [1.807, 2.05) is 13.0 Å². The number of ether oxygens (including phenoxy) is 2. The minimum Gasteiger partial charge on any atom is -0.463 e. The number of carbonyl (C=O) groups excluding carboxylic acids is 2. The Morgan fingerprint density at radius 1 is 1.07 bits per heavy atom. The minimum atomic E-state index is -0.448. The monoisotopic (exact) mass is 410 g/mol. The van der Waals surface area contributed by atoms with Crippen LogP contribution < -0.4 is 10.1 Å². The highest BCUT2D eigenvalue weighted by Crippen LogP contribution is 2.31. The predicted molar refractivity (Wildman–Crippen MR) is 113 cm³/mol. The maximum atomic E-state index is 12.6. The van der Waals surface area contributed by atoms with Gasteiger partial charge in [-0.25, -0.2) is 9.59 Å². The SMILES string of the molecule is CCOC(=O)C1=C(C)N(C)C(=S)NC1c1ccc(OC(=O)c2ccccc2)cc1. The molecule has 0 aromatic heterocycles. The molecule has 2 aromatic carbocycles. The van der Waals surface area contributed by atoms with Crippen LogP contribution in [0.2, 0.25) is 0 Å². The Kier molecular flexibility index (Phi) is 6.29. The van der Waals surface area contributed by atoms with Crippen LogP contribution in [0.1, 0.15) is 35.8 Å². The number of thiocarbonyl (C=S) groups is 1. The molecule has 1 aliphatic heterocycles. The van der Waals surface area contributed by atoms with Crippen molar-refractivity contribution in [1.82, 2.24) is 10.2 Å². The van der Waals surface area contributed by atoms with Crippen molar-refractivity contribution in [3.8, 4) is 5.75 Å². The lowest BCUT2D eigenvalue weighted by molar-refractivity contribution is -0.139. The fourth-order valence-electron chi connectivity index (χ4n) is 3.03. The highest BCUT2D eigenvalue weighted by atomic mass is 32.1. The summed E-state index contributed by atoms with van der Waals surface area (Å²) in [7, 11) is 1.80. The number of nitrogens with one attached hydrogen (secondary N) is 1. The molecular weight excluding hydrogens is 388 g/mol. The van der Waals surface area contributed by atoms with Crippen molar-refractivity contribution in [3.63, 3.8) is 0 Å². The standard InChI is InChI=1S/C22H22N2O4S/c1-4-27-21(26)18-14(2)24(3)22(29)23-19(18)15-10-12-17(13-11-15)28-20(25)16-8-6-5-7-9-16/h5-13,19H,4H2,1-3H3,(H,23,29). The third-order valence-corrected chi connectivity index (χ3v) is 5.07. The van der Waals surface area contributed by atoms with E-state index >= 15 is 0 Å². The molecule has 7 heteroatoms. The molecule has 3 rings (SSSR count). The number of nitrogens with zero attached hydrogens (tertiary/aromatic N) is 1. The third kappa shape index (κ3) is 4.46. The first-order valence-corrected chi connectivity index (χ1v) is 9.62. The average molecular weight is 410 g/mol. The zero-order valence-corrected chi connectivity index (χ0v) is 17.3. The van der Waals surface area contributed by atoms with E-state index < -0.39 is 18.0 Å². The quantitative estimate of drug-likeness (QED) is 0.459. The van der Waals surface area contributed by atoms with E-state index in [2.05, 4.69) is 5.32 Å². The van der Waals surface area contributed by atoms with Crippen LogP contribution in [0.4, 0.5) is 0 Å². The second kappa shape index (κ2) is 8.87. The Morgan fingerprint density at radius 2 is 1.72 bits per heavy atom. The lowest BCUT2D eigenvalue weighted by atomic mass is 9.95. The van der Waals surface area contributed by atoms with Gasteiger partial charge in [0.05, 0.1) is 23.8 Å². The van der Waals surface area contributed by atoms with Crippen LogP contribution >= 0.6 is 12.2 Å². The lowest BCUT2D eigenvalue weighted by Gasteiger charge is -2.35. The number of rotatable bonds is 5. The molecule has 1 aliphatic rings. The number of hydrogen-bond acceptors (Lipinski definition) is 5. The van der Waals surface area contributed by atoms with Crippen LogP contribution in [-0.4, -0.2) is 35.6 Å². The van der Waals surface area contributed by atoms with Crippen molar-refractivity contribution >= 4 is 29.3 Å². The van der Waals surface area contributed by atoms with Crippen molar-refractivity contribution in [3.05, 3.63) is 77.0 Å². The molecule has 29 heavy (non-hydrogen) atoms. The molecule has 0 spiro atoms. The van der Waals surface area contributed by atoms with E-state index in [9.17, 15) is 9.59 Å². The van der Waals surface area contributed by atoms with E-state index in [-0.39, 0.29) is 6.61 Å². The second-order valence-corrected chi connectivity index (χ2v) is 6.87.